The van der Waals surface area contributed by atoms with Gasteiger partial charge in [-0.15, -0.1) is 11.3 Å². The number of amides is 1. The van der Waals surface area contributed by atoms with Crippen molar-refractivity contribution >= 4 is 17.2 Å². The third-order valence-electron chi connectivity index (χ3n) is 4.36. The third kappa shape index (κ3) is 3.50. The molecule has 1 aliphatic rings. The zero-order valence-corrected chi connectivity index (χ0v) is 14.9. The Hall–Kier alpha value is -1.76. The number of nitrogens with two attached hydrogens (primary N) is 1. The number of morpholine rings is 1. The highest BCUT2D eigenvalue weighted by atomic mass is 32.1. The van der Waals surface area contributed by atoms with Crippen molar-refractivity contribution < 1.29 is 9.53 Å². The molecule has 1 saturated heterocycles. The molecule has 0 spiro atoms. The maximum absolute atomic E-state index is 12.9. The van der Waals surface area contributed by atoms with Crippen LogP contribution in [0.2, 0.25) is 0 Å². The number of aromatic nitrogens is 1. The Labute approximate surface area is 146 Å². The minimum absolute atomic E-state index is 0.0242. The summed E-state index contributed by atoms with van der Waals surface area (Å²) in [5.41, 5.74) is 8.40. The van der Waals surface area contributed by atoms with Gasteiger partial charge in [0, 0.05) is 11.8 Å². The summed E-state index contributed by atoms with van der Waals surface area (Å²) in [7, 11) is 0. The summed E-state index contributed by atoms with van der Waals surface area (Å²) in [4.78, 5) is 19.2. The van der Waals surface area contributed by atoms with Gasteiger partial charge in [-0.05, 0) is 31.5 Å². The molecule has 0 saturated carbocycles. The van der Waals surface area contributed by atoms with E-state index in [1.165, 1.54) is 16.9 Å². The minimum atomic E-state index is -0.0894. The predicted octanol–water partition coefficient (Wildman–Crippen LogP) is 2.55. The van der Waals surface area contributed by atoms with E-state index in [2.05, 4.69) is 24.0 Å². The molecule has 0 radical (unpaired) electrons. The lowest BCUT2D eigenvalue weighted by atomic mass is 10.0. The van der Waals surface area contributed by atoms with Crippen molar-refractivity contribution in [2.24, 2.45) is 5.73 Å². The highest BCUT2D eigenvalue weighted by molar-refractivity contribution is 7.09. The van der Waals surface area contributed by atoms with E-state index >= 15 is 0 Å². The van der Waals surface area contributed by atoms with Crippen LogP contribution in [0.1, 0.15) is 39.7 Å². The molecule has 24 heavy (non-hydrogen) atoms. The summed E-state index contributed by atoms with van der Waals surface area (Å²) in [6, 6.07) is 8.21. The minimum Gasteiger partial charge on any atom is -0.370 e. The maximum atomic E-state index is 12.9. The first-order valence-corrected chi connectivity index (χ1v) is 9.10. The van der Waals surface area contributed by atoms with Crippen molar-refractivity contribution in [3.05, 3.63) is 51.5 Å². The molecule has 128 valence electrons. The number of nitrogens with zero attached hydrogens (tertiary/aromatic N) is 2. The first kappa shape index (κ1) is 17.1. The summed E-state index contributed by atoms with van der Waals surface area (Å²) in [5.74, 6) is -0.0242. The van der Waals surface area contributed by atoms with Gasteiger partial charge in [-0.1, -0.05) is 24.3 Å². The third-order valence-corrected chi connectivity index (χ3v) is 5.27. The van der Waals surface area contributed by atoms with E-state index in [1.807, 2.05) is 29.3 Å². The molecule has 2 unspecified atom stereocenters. The largest absolute Gasteiger partial charge is 0.370 e. The number of hydrogen-bond donors (Lipinski definition) is 1. The number of hydrogen-bond acceptors (Lipinski definition) is 5. The smallest absolute Gasteiger partial charge is 0.273 e. The van der Waals surface area contributed by atoms with E-state index in [-0.39, 0.29) is 18.1 Å². The van der Waals surface area contributed by atoms with Crippen LogP contribution in [0.15, 0.2) is 29.6 Å². The SMILES string of the molecule is Cc1ccccc1C1CN(C(=O)c2csc(CCN)n2)C(C)CO1. The fourth-order valence-electron chi connectivity index (χ4n) is 2.97. The number of ether oxygens (including phenoxy) is 1. The number of rotatable bonds is 4. The van der Waals surface area contributed by atoms with Crippen molar-refractivity contribution in [1.29, 1.82) is 0 Å². The first-order valence-electron chi connectivity index (χ1n) is 8.22. The zero-order chi connectivity index (χ0) is 17.1. The standard InChI is InChI=1S/C18H23N3O2S/c1-12-5-3-4-6-14(12)16-9-21(13(2)10-23-16)18(22)15-11-24-17(20-15)7-8-19/h3-6,11,13,16H,7-10,19H2,1-2H3. The molecule has 1 aliphatic heterocycles. The predicted molar refractivity (Wildman–Crippen MR) is 95.2 cm³/mol. The van der Waals surface area contributed by atoms with Crippen molar-refractivity contribution in [3.63, 3.8) is 0 Å². The van der Waals surface area contributed by atoms with Crippen LogP contribution in [0.4, 0.5) is 0 Å². The average Bonchev–Trinajstić information content (AvgIpc) is 3.04. The van der Waals surface area contributed by atoms with Crippen LogP contribution in [0, 0.1) is 6.92 Å². The lowest BCUT2D eigenvalue weighted by molar-refractivity contribution is -0.0490. The van der Waals surface area contributed by atoms with Crippen LogP contribution in [0.25, 0.3) is 0 Å². The number of carbonyl (C=O) groups excluding carboxylic acids is 1. The maximum Gasteiger partial charge on any atom is 0.273 e. The van der Waals surface area contributed by atoms with Crippen LogP contribution in [0.5, 0.6) is 0 Å². The van der Waals surface area contributed by atoms with E-state index in [9.17, 15) is 4.79 Å². The lowest BCUT2D eigenvalue weighted by Crippen LogP contribution is -2.48. The second-order valence-electron chi connectivity index (χ2n) is 6.15. The molecule has 2 aromatic rings. The van der Waals surface area contributed by atoms with Gasteiger partial charge in [0.05, 0.1) is 24.2 Å². The van der Waals surface area contributed by atoms with Gasteiger partial charge in [0.25, 0.3) is 5.91 Å². The molecule has 1 aromatic heterocycles. The Morgan fingerprint density at radius 1 is 1.46 bits per heavy atom. The molecule has 6 heteroatoms. The highest BCUT2D eigenvalue weighted by Crippen LogP contribution is 2.28. The molecule has 5 nitrogen and oxygen atoms in total. The average molecular weight is 345 g/mol. The lowest BCUT2D eigenvalue weighted by Gasteiger charge is -2.38. The molecular formula is C18H23N3O2S. The van der Waals surface area contributed by atoms with E-state index in [0.29, 0.717) is 31.8 Å². The van der Waals surface area contributed by atoms with E-state index < -0.39 is 0 Å². The molecule has 3 rings (SSSR count). The van der Waals surface area contributed by atoms with Gasteiger partial charge in [-0.3, -0.25) is 4.79 Å². The van der Waals surface area contributed by atoms with Gasteiger partial charge in [0.15, 0.2) is 0 Å². The molecule has 0 aliphatic carbocycles. The number of aryl methyl sites for hydroxylation is 1. The highest BCUT2D eigenvalue weighted by Gasteiger charge is 2.32. The van der Waals surface area contributed by atoms with Crippen molar-refractivity contribution in [1.82, 2.24) is 9.88 Å². The molecule has 0 bridgehead atoms. The monoisotopic (exact) mass is 345 g/mol. The Kier molecular flexibility index (Phi) is 5.28. The van der Waals surface area contributed by atoms with Crippen LogP contribution in [0.3, 0.4) is 0 Å². The quantitative estimate of drug-likeness (QED) is 0.925. The van der Waals surface area contributed by atoms with Gasteiger partial charge >= 0.3 is 0 Å². The molecule has 2 heterocycles. The molecule has 1 aromatic carbocycles. The van der Waals surface area contributed by atoms with Gasteiger partial charge < -0.3 is 15.4 Å². The van der Waals surface area contributed by atoms with Crippen LogP contribution >= 0.6 is 11.3 Å². The number of carbonyl (C=O) groups is 1. The summed E-state index contributed by atoms with van der Waals surface area (Å²) >= 11 is 1.50. The van der Waals surface area contributed by atoms with E-state index in [1.54, 1.807) is 0 Å². The topological polar surface area (TPSA) is 68.5 Å². The van der Waals surface area contributed by atoms with Crippen molar-refractivity contribution in [2.75, 3.05) is 19.7 Å². The van der Waals surface area contributed by atoms with Gasteiger partial charge in [0.2, 0.25) is 0 Å². The number of thiazole rings is 1. The van der Waals surface area contributed by atoms with Gasteiger partial charge in [-0.25, -0.2) is 4.98 Å². The fraction of sp³-hybridized carbons (Fsp3) is 0.444. The molecule has 2 N–H and O–H groups in total. The summed E-state index contributed by atoms with van der Waals surface area (Å²) in [5, 5.41) is 2.75. The molecular weight excluding hydrogens is 322 g/mol. The zero-order valence-electron chi connectivity index (χ0n) is 14.1. The summed E-state index contributed by atoms with van der Waals surface area (Å²) < 4.78 is 5.99. The summed E-state index contributed by atoms with van der Waals surface area (Å²) in [6.45, 7) is 5.71. The first-order chi connectivity index (χ1) is 11.6. The van der Waals surface area contributed by atoms with Gasteiger partial charge in [0.1, 0.15) is 11.8 Å². The Balaban J connectivity index is 1.78. The van der Waals surface area contributed by atoms with Crippen molar-refractivity contribution in [2.45, 2.75) is 32.4 Å². The Morgan fingerprint density at radius 3 is 3.00 bits per heavy atom. The van der Waals surface area contributed by atoms with Crippen molar-refractivity contribution in [3.8, 4) is 0 Å². The number of benzene rings is 1. The van der Waals surface area contributed by atoms with Gasteiger partial charge in [-0.2, -0.15) is 0 Å². The second-order valence-corrected chi connectivity index (χ2v) is 7.09. The van der Waals surface area contributed by atoms with E-state index in [0.717, 1.165) is 10.6 Å². The Morgan fingerprint density at radius 2 is 2.25 bits per heavy atom. The normalized spacial score (nSPS) is 21.0. The fourth-order valence-corrected chi connectivity index (χ4v) is 3.76. The van der Waals surface area contributed by atoms with E-state index in [4.69, 9.17) is 10.5 Å². The molecule has 1 amide bonds. The van der Waals surface area contributed by atoms with Crippen LogP contribution < -0.4 is 5.73 Å². The second kappa shape index (κ2) is 7.42. The molecule has 2 atom stereocenters. The molecule has 1 fully saturated rings. The summed E-state index contributed by atoms with van der Waals surface area (Å²) in [6.07, 6.45) is 0.621. The Bertz CT molecular complexity index is 716. The van der Waals surface area contributed by atoms with Crippen LogP contribution in [-0.4, -0.2) is 41.5 Å². The van der Waals surface area contributed by atoms with Crippen LogP contribution in [-0.2, 0) is 11.2 Å².